The number of pyridine rings is 1. The first-order valence-corrected chi connectivity index (χ1v) is 8.20. The molecule has 0 saturated heterocycles. The Balaban J connectivity index is 2.44. The number of benzene rings is 1. The van der Waals surface area contributed by atoms with Crippen LogP contribution in [0.5, 0.6) is 0 Å². The van der Waals surface area contributed by atoms with Crippen molar-refractivity contribution in [3.8, 4) is 0 Å². The van der Waals surface area contributed by atoms with Gasteiger partial charge in [-0.05, 0) is 30.2 Å². The van der Waals surface area contributed by atoms with Gasteiger partial charge >= 0.3 is 0 Å². The highest BCUT2D eigenvalue weighted by molar-refractivity contribution is 9.10. The third-order valence-corrected chi connectivity index (χ3v) is 4.65. The molecule has 20 heavy (non-hydrogen) atoms. The van der Waals surface area contributed by atoms with Crippen LogP contribution in [0.2, 0.25) is 0 Å². The van der Waals surface area contributed by atoms with Gasteiger partial charge in [0.2, 0.25) is 5.43 Å². The summed E-state index contributed by atoms with van der Waals surface area (Å²) in [6, 6.07) is 6.42. The van der Waals surface area contributed by atoms with Crippen LogP contribution in [0.15, 0.2) is 50.8 Å². The van der Waals surface area contributed by atoms with Crippen molar-refractivity contribution in [1.29, 1.82) is 0 Å². The molecule has 0 aliphatic heterocycles. The quantitative estimate of drug-likeness (QED) is 0.883. The Morgan fingerprint density at radius 3 is 2.70 bits per heavy atom. The number of hydrogen-bond donors (Lipinski definition) is 2. The summed E-state index contributed by atoms with van der Waals surface area (Å²) >= 11 is 3.34. The summed E-state index contributed by atoms with van der Waals surface area (Å²) < 4.78 is 27.8. The molecule has 2 aromatic rings. The Labute approximate surface area is 125 Å². The predicted octanol–water partition coefficient (Wildman–Crippen LogP) is 2.50. The molecular formula is C13H13BrN2O3S. The molecule has 0 bridgehead atoms. The van der Waals surface area contributed by atoms with E-state index in [1.54, 1.807) is 12.1 Å². The summed E-state index contributed by atoms with van der Waals surface area (Å²) in [7, 11) is -3.90. The molecule has 0 spiro atoms. The molecule has 0 aliphatic carbocycles. The van der Waals surface area contributed by atoms with Gasteiger partial charge in [-0.25, -0.2) is 8.42 Å². The number of hydrogen-bond acceptors (Lipinski definition) is 3. The van der Waals surface area contributed by atoms with Crippen molar-refractivity contribution >= 4 is 31.6 Å². The number of H-pyrrole nitrogens is 1. The number of aryl methyl sites for hydroxylation is 1. The molecule has 0 atom stereocenters. The Bertz CT molecular complexity index is 784. The van der Waals surface area contributed by atoms with Crippen molar-refractivity contribution in [1.82, 2.24) is 4.98 Å². The third kappa shape index (κ3) is 3.10. The third-order valence-electron chi connectivity index (χ3n) is 2.77. The first-order valence-electron chi connectivity index (χ1n) is 5.92. The van der Waals surface area contributed by atoms with Gasteiger partial charge in [0.05, 0.1) is 5.69 Å². The summed E-state index contributed by atoms with van der Waals surface area (Å²) in [5.74, 6) is 0. The molecule has 2 N–H and O–H groups in total. The van der Waals surface area contributed by atoms with Gasteiger partial charge in [-0.15, -0.1) is 0 Å². The van der Waals surface area contributed by atoms with Gasteiger partial charge in [-0.3, -0.25) is 9.52 Å². The van der Waals surface area contributed by atoms with Crippen molar-refractivity contribution < 1.29 is 8.42 Å². The van der Waals surface area contributed by atoms with E-state index in [1.807, 2.05) is 13.0 Å². The Hall–Kier alpha value is -1.60. The summed E-state index contributed by atoms with van der Waals surface area (Å²) in [6.07, 6.45) is 3.23. The van der Waals surface area contributed by atoms with Gasteiger partial charge in [0, 0.05) is 22.9 Å². The van der Waals surface area contributed by atoms with Crippen molar-refractivity contribution in [3.05, 3.63) is 56.9 Å². The van der Waals surface area contributed by atoms with Gasteiger partial charge in [0.1, 0.15) is 0 Å². The maximum absolute atomic E-state index is 12.2. The van der Waals surface area contributed by atoms with Crippen LogP contribution in [0.4, 0.5) is 5.69 Å². The summed E-state index contributed by atoms with van der Waals surface area (Å²) in [6.45, 7) is 1.93. The van der Waals surface area contributed by atoms with E-state index in [4.69, 9.17) is 0 Å². The maximum atomic E-state index is 12.2. The van der Waals surface area contributed by atoms with E-state index in [0.29, 0.717) is 12.1 Å². The van der Waals surface area contributed by atoms with E-state index < -0.39 is 15.5 Å². The molecule has 1 heterocycles. The molecule has 0 fully saturated rings. The monoisotopic (exact) mass is 356 g/mol. The zero-order valence-electron chi connectivity index (χ0n) is 10.7. The molecule has 7 heteroatoms. The second-order valence-electron chi connectivity index (χ2n) is 4.13. The maximum Gasteiger partial charge on any atom is 0.267 e. The molecular weight excluding hydrogens is 344 g/mol. The fourth-order valence-corrected chi connectivity index (χ4v) is 3.33. The second-order valence-corrected chi connectivity index (χ2v) is 6.70. The first kappa shape index (κ1) is 14.8. The normalized spacial score (nSPS) is 11.3. The average Bonchev–Trinajstić information content (AvgIpc) is 2.41. The van der Waals surface area contributed by atoms with Crippen molar-refractivity contribution in [2.75, 3.05) is 4.72 Å². The van der Waals surface area contributed by atoms with E-state index in [2.05, 4.69) is 25.6 Å². The summed E-state index contributed by atoms with van der Waals surface area (Å²) in [5.41, 5.74) is 0.765. The van der Waals surface area contributed by atoms with Crippen LogP contribution < -0.4 is 10.2 Å². The molecule has 0 amide bonds. The number of sulfonamides is 1. The highest BCUT2D eigenvalue weighted by Crippen LogP contribution is 2.23. The minimum absolute atomic E-state index is 0.301. The fraction of sp³-hybridized carbons (Fsp3) is 0.154. The summed E-state index contributed by atoms with van der Waals surface area (Å²) in [4.78, 5) is 13.9. The zero-order valence-corrected chi connectivity index (χ0v) is 13.1. The smallest absolute Gasteiger partial charge is 0.267 e. The van der Waals surface area contributed by atoms with Gasteiger partial charge in [0.15, 0.2) is 4.90 Å². The molecule has 1 aromatic carbocycles. The topological polar surface area (TPSA) is 79.0 Å². The van der Waals surface area contributed by atoms with Crippen LogP contribution in [-0.4, -0.2) is 13.4 Å². The molecule has 0 saturated carbocycles. The Kier molecular flexibility index (Phi) is 4.29. The van der Waals surface area contributed by atoms with Gasteiger partial charge in [-0.2, -0.15) is 0 Å². The summed E-state index contributed by atoms with van der Waals surface area (Å²) in [5, 5.41) is 0. The van der Waals surface area contributed by atoms with E-state index in [0.717, 1.165) is 10.0 Å². The number of nitrogens with one attached hydrogen (secondary N) is 2. The minimum Gasteiger partial charge on any atom is -0.366 e. The molecule has 106 valence electrons. The van der Waals surface area contributed by atoms with Crippen molar-refractivity contribution in [2.45, 2.75) is 18.2 Å². The molecule has 1 aromatic heterocycles. The number of halogens is 1. The average molecular weight is 357 g/mol. The predicted molar refractivity (Wildman–Crippen MR) is 81.4 cm³/mol. The lowest BCUT2D eigenvalue weighted by atomic mass is 10.1. The SMILES string of the molecule is CCc1cc(Br)ccc1NS(=O)(=O)c1c[nH]ccc1=O. The first-order chi connectivity index (χ1) is 9.44. The van der Waals surface area contributed by atoms with Gasteiger partial charge in [-0.1, -0.05) is 22.9 Å². The number of rotatable bonds is 4. The highest BCUT2D eigenvalue weighted by atomic mass is 79.9. The zero-order chi connectivity index (χ0) is 14.8. The second kappa shape index (κ2) is 5.80. The highest BCUT2D eigenvalue weighted by Gasteiger charge is 2.18. The number of aromatic nitrogens is 1. The Morgan fingerprint density at radius 2 is 2.05 bits per heavy atom. The molecule has 0 aliphatic rings. The van der Waals surface area contributed by atoms with Crippen molar-refractivity contribution in [3.63, 3.8) is 0 Å². The van der Waals surface area contributed by atoms with Crippen LogP contribution in [0.1, 0.15) is 12.5 Å². The van der Waals surface area contributed by atoms with Crippen LogP contribution in [0.3, 0.4) is 0 Å². The van der Waals surface area contributed by atoms with Crippen LogP contribution in [0, 0.1) is 0 Å². The van der Waals surface area contributed by atoms with E-state index in [9.17, 15) is 13.2 Å². The molecule has 0 radical (unpaired) electrons. The standard InChI is InChI=1S/C13H13BrN2O3S/c1-2-9-7-10(14)3-4-11(9)16-20(18,19)13-8-15-6-5-12(13)17/h3-8,16H,2H2,1H3,(H,15,17). The van der Waals surface area contributed by atoms with E-state index in [1.165, 1.54) is 18.5 Å². The van der Waals surface area contributed by atoms with E-state index in [-0.39, 0.29) is 4.90 Å². The minimum atomic E-state index is -3.90. The van der Waals surface area contributed by atoms with E-state index >= 15 is 0 Å². The largest absolute Gasteiger partial charge is 0.366 e. The van der Waals surface area contributed by atoms with Crippen LogP contribution in [0.25, 0.3) is 0 Å². The molecule has 0 unspecified atom stereocenters. The molecule has 5 nitrogen and oxygen atoms in total. The van der Waals surface area contributed by atoms with Gasteiger partial charge in [0.25, 0.3) is 10.0 Å². The Morgan fingerprint density at radius 1 is 1.30 bits per heavy atom. The number of aromatic amines is 1. The fourth-order valence-electron chi connectivity index (χ4n) is 1.76. The van der Waals surface area contributed by atoms with Crippen LogP contribution in [-0.2, 0) is 16.4 Å². The lowest BCUT2D eigenvalue weighted by molar-refractivity contribution is 0.600. The van der Waals surface area contributed by atoms with Crippen molar-refractivity contribution in [2.24, 2.45) is 0 Å². The number of anilines is 1. The lowest BCUT2D eigenvalue weighted by Gasteiger charge is -2.11. The van der Waals surface area contributed by atoms with Crippen LogP contribution >= 0.6 is 15.9 Å². The lowest BCUT2D eigenvalue weighted by Crippen LogP contribution is -2.21. The molecule has 2 rings (SSSR count). The van der Waals surface area contributed by atoms with Gasteiger partial charge < -0.3 is 4.98 Å².